The van der Waals surface area contributed by atoms with E-state index in [0.717, 1.165) is 16.6 Å². The van der Waals surface area contributed by atoms with Crippen LogP contribution in [0.2, 0.25) is 0 Å². The molecule has 0 unspecified atom stereocenters. The third kappa shape index (κ3) is 4.41. The fourth-order valence-corrected chi connectivity index (χ4v) is 3.37. The van der Waals surface area contributed by atoms with Gasteiger partial charge in [0, 0.05) is 6.20 Å². The van der Waals surface area contributed by atoms with Crippen molar-refractivity contribution in [1.82, 2.24) is 9.97 Å². The molecule has 2 heterocycles. The largest absolute Gasteiger partial charge is 0.437 e. The Morgan fingerprint density at radius 3 is 2.83 bits per heavy atom. The van der Waals surface area contributed by atoms with Gasteiger partial charge in [0.1, 0.15) is 17.0 Å². The van der Waals surface area contributed by atoms with E-state index in [9.17, 15) is 4.79 Å². The monoisotopic (exact) mass is 405 g/mol. The van der Waals surface area contributed by atoms with Crippen molar-refractivity contribution in [3.8, 4) is 11.6 Å². The lowest BCUT2D eigenvalue weighted by atomic mass is 10.1. The van der Waals surface area contributed by atoms with Gasteiger partial charge in [-0.1, -0.05) is 36.0 Å². The minimum absolute atomic E-state index is 0.157. The molecular formula is C22H19N3O3S. The summed E-state index contributed by atoms with van der Waals surface area (Å²) in [6.07, 6.45) is 1.63. The number of oxazole rings is 1. The highest BCUT2D eigenvalue weighted by atomic mass is 32.2. The van der Waals surface area contributed by atoms with Crippen LogP contribution in [0.25, 0.3) is 11.1 Å². The van der Waals surface area contributed by atoms with Crippen LogP contribution in [0.4, 0.5) is 5.69 Å². The molecule has 0 fully saturated rings. The molecule has 0 aliphatic carbocycles. The third-order valence-corrected chi connectivity index (χ3v) is 5.24. The predicted octanol–water partition coefficient (Wildman–Crippen LogP) is 5.36. The van der Waals surface area contributed by atoms with Gasteiger partial charge in [0.05, 0.1) is 5.75 Å². The van der Waals surface area contributed by atoms with Crippen LogP contribution < -0.4 is 10.1 Å². The van der Waals surface area contributed by atoms with Crippen molar-refractivity contribution in [3.63, 3.8) is 0 Å². The molecule has 2 aromatic carbocycles. The molecule has 4 aromatic rings. The highest BCUT2D eigenvalue weighted by molar-refractivity contribution is 7.99. The molecule has 0 saturated heterocycles. The first-order valence-electron chi connectivity index (χ1n) is 9.07. The van der Waals surface area contributed by atoms with Crippen LogP contribution >= 0.6 is 11.8 Å². The number of amides is 1. The SMILES string of the molecule is Cc1cccc(Oc2ncccc2NC(=O)CSc2nc3ccccc3o2)c1C. The Bertz CT molecular complexity index is 1140. The van der Waals surface area contributed by atoms with E-state index in [1.807, 2.05) is 56.3 Å². The van der Waals surface area contributed by atoms with Gasteiger partial charge in [-0.05, 0) is 55.3 Å². The van der Waals surface area contributed by atoms with Crippen molar-refractivity contribution in [2.75, 3.05) is 11.1 Å². The molecule has 0 bridgehead atoms. The first kappa shape index (κ1) is 19.0. The molecular weight excluding hydrogens is 386 g/mol. The molecule has 6 nitrogen and oxygen atoms in total. The predicted molar refractivity (Wildman–Crippen MR) is 114 cm³/mol. The van der Waals surface area contributed by atoms with Gasteiger partial charge in [0.2, 0.25) is 11.8 Å². The molecule has 2 aromatic heterocycles. The summed E-state index contributed by atoms with van der Waals surface area (Å²) in [5, 5.41) is 3.31. The van der Waals surface area contributed by atoms with Crippen LogP contribution in [0.15, 0.2) is 70.4 Å². The van der Waals surface area contributed by atoms with E-state index in [-0.39, 0.29) is 11.7 Å². The number of ether oxygens (including phenoxy) is 1. The molecule has 0 saturated carbocycles. The van der Waals surface area contributed by atoms with Crippen LogP contribution in [0, 0.1) is 13.8 Å². The van der Waals surface area contributed by atoms with Crippen molar-refractivity contribution in [3.05, 3.63) is 71.9 Å². The number of hydrogen-bond donors (Lipinski definition) is 1. The minimum Gasteiger partial charge on any atom is -0.437 e. The molecule has 0 radical (unpaired) electrons. The topological polar surface area (TPSA) is 77.2 Å². The smallest absolute Gasteiger partial charge is 0.257 e. The number of carbonyl (C=O) groups excluding carboxylic acids is 1. The Morgan fingerprint density at radius 1 is 1.10 bits per heavy atom. The van der Waals surface area contributed by atoms with Gasteiger partial charge in [-0.3, -0.25) is 4.79 Å². The summed E-state index contributed by atoms with van der Waals surface area (Å²) in [7, 11) is 0. The van der Waals surface area contributed by atoms with E-state index in [4.69, 9.17) is 9.15 Å². The third-order valence-electron chi connectivity index (χ3n) is 4.41. The summed E-state index contributed by atoms with van der Waals surface area (Å²) in [6.45, 7) is 4.01. The fraction of sp³-hybridized carbons (Fsp3) is 0.136. The second-order valence-electron chi connectivity index (χ2n) is 6.44. The number of nitrogens with zero attached hydrogens (tertiary/aromatic N) is 2. The first-order valence-corrected chi connectivity index (χ1v) is 10.1. The number of thioether (sulfide) groups is 1. The molecule has 0 spiro atoms. The van der Waals surface area contributed by atoms with Crippen LogP contribution in [0.5, 0.6) is 11.6 Å². The van der Waals surface area contributed by atoms with Gasteiger partial charge in [0.15, 0.2) is 5.58 Å². The first-order chi connectivity index (χ1) is 14.1. The van der Waals surface area contributed by atoms with E-state index >= 15 is 0 Å². The van der Waals surface area contributed by atoms with Gasteiger partial charge in [-0.25, -0.2) is 9.97 Å². The molecule has 0 aliphatic heterocycles. The number of aromatic nitrogens is 2. The summed E-state index contributed by atoms with van der Waals surface area (Å²) >= 11 is 1.24. The Labute approximate surface area is 172 Å². The van der Waals surface area contributed by atoms with Gasteiger partial charge in [-0.15, -0.1) is 0 Å². The van der Waals surface area contributed by atoms with Crippen LogP contribution in [0.1, 0.15) is 11.1 Å². The number of aryl methyl sites for hydroxylation is 1. The van der Waals surface area contributed by atoms with Crippen LogP contribution in [-0.4, -0.2) is 21.6 Å². The van der Waals surface area contributed by atoms with Crippen molar-refractivity contribution in [2.45, 2.75) is 19.1 Å². The zero-order valence-corrected chi connectivity index (χ0v) is 16.8. The Morgan fingerprint density at radius 2 is 1.97 bits per heavy atom. The maximum atomic E-state index is 12.4. The lowest BCUT2D eigenvalue weighted by molar-refractivity contribution is -0.113. The molecule has 0 atom stereocenters. The molecule has 1 N–H and O–H groups in total. The Balaban J connectivity index is 1.43. The highest BCUT2D eigenvalue weighted by Crippen LogP contribution is 2.30. The summed E-state index contributed by atoms with van der Waals surface area (Å²) in [6, 6.07) is 16.8. The van der Waals surface area contributed by atoms with Crippen molar-refractivity contribution in [1.29, 1.82) is 0 Å². The number of pyridine rings is 1. The zero-order chi connectivity index (χ0) is 20.2. The lowest BCUT2D eigenvalue weighted by Gasteiger charge is -2.13. The standard InChI is InChI=1S/C22H19N3O3S/c1-14-7-5-11-18(15(14)2)27-21-17(9-6-12-23-21)24-20(26)13-29-22-25-16-8-3-4-10-19(16)28-22/h3-12H,13H2,1-2H3,(H,24,26). The Kier molecular flexibility index (Phi) is 5.48. The van der Waals surface area contributed by atoms with E-state index in [1.165, 1.54) is 11.8 Å². The van der Waals surface area contributed by atoms with Crippen LogP contribution in [-0.2, 0) is 4.79 Å². The van der Waals surface area contributed by atoms with Crippen molar-refractivity contribution >= 4 is 34.5 Å². The average Bonchev–Trinajstić information content (AvgIpc) is 3.14. The molecule has 29 heavy (non-hydrogen) atoms. The molecule has 0 aliphatic rings. The van der Waals surface area contributed by atoms with Gasteiger partial charge in [0.25, 0.3) is 5.22 Å². The number of benzene rings is 2. The molecule has 146 valence electrons. The molecule has 7 heteroatoms. The van der Waals surface area contributed by atoms with E-state index in [0.29, 0.717) is 28.1 Å². The summed E-state index contributed by atoms with van der Waals surface area (Å²) < 4.78 is 11.6. The normalized spacial score (nSPS) is 10.8. The fourth-order valence-electron chi connectivity index (χ4n) is 2.73. The Hall–Kier alpha value is -3.32. The minimum atomic E-state index is -0.198. The average molecular weight is 405 g/mol. The number of anilines is 1. The zero-order valence-electron chi connectivity index (χ0n) is 16.0. The summed E-state index contributed by atoms with van der Waals surface area (Å²) in [4.78, 5) is 21.1. The molecule has 4 rings (SSSR count). The van der Waals surface area contributed by atoms with Gasteiger partial charge in [-0.2, -0.15) is 0 Å². The highest BCUT2D eigenvalue weighted by Gasteiger charge is 2.13. The van der Waals surface area contributed by atoms with Crippen LogP contribution in [0.3, 0.4) is 0 Å². The number of rotatable bonds is 6. The number of para-hydroxylation sites is 2. The number of carbonyl (C=O) groups is 1. The second kappa shape index (κ2) is 8.36. The number of fused-ring (bicyclic) bond motifs is 1. The quantitative estimate of drug-likeness (QED) is 0.435. The molecule has 1 amide bonds. The summed E-state index contributed by atoms with van der Waals surface area (Å²) in [5.74, 6) is 1.02. The van der Waals surface area contributed by atoms with E-state index in [2.05, 4.69) is 15.3 Å². The number of nitrogens with one attached hydrogen (secondary N) is 1. The maximum absolute atomic E-state index is 12.4. The van der Waals surface area contributed by atoms with Gasteiger partial charge >= 0.3 is 0 Å². The van der Waals surface area contributed by atoms with Crippen molar-refractivity contribution < 1.29 is 13.9 Å². The number of hydrogen-bond acceptors (Lipinski definition) is 6. The second-order valence-corrected chi connectivity index (χ2v) is 7.37. The van der Waals surface area contributed by atoms with Crippen molar-refractivity contribution in [2.24, 2.45) is 0 Å². The summed E-state index contributed by atoms with van der Waals surface area (Å²) in [5.41, 5.74) is 4.14. The van der Waals surface area contributed by atoms with E-state index < -0.39 is 0 Å². The van der Waals surface area contributed by atoms with E-state index in [1.54, 1.807) is 18.3 Å². The van der Waals surface area contributed by atoms with Gasteiger partial charge < -0.3 is 14.5 Å². The lowest BCUT2D eigenvalue weighted by Crippen LogP contribution is -2.15. The maximum Gasteiger partial charge on any atom is 0.257 e.